The number of aromatic nitrogens is 1. The van der Waals surface area contributed by atoms with Crippen LogP contribution in [0.5, 0.6) is 5.75 Å². The lowest BCUT2D eigenvalue weighted by atomic mass is 9.91. The fraction of sp³-hybridized carbons (Fsp3) is 0.643. The van der Waals surface area contributed by atoms with E-state index in [0.717, 1.165) is 79.6 Å². The zero-order chi connectivity index (χ0) is 25.2. The number of likely N-dealkylation sites (tertiary alicyclic amines) is 1. The molecule has 2 aliphatic rings. The standard InChI is InChI=1S/C28H39N3O4/c1-7-28(14-15-28)19-33-24-11-9-21-23(29-35-25(21)22(24)18-30(5)6)10-8-20-12-16-31(17-13-20)26(32)34-27(2,3)4/h1,9,11,20H,8,10,12-19H2,2-6H3. The van der Waals surface area contributed by atoms with Crippen LogP contribution in [0.25, 0.3) is 11.0 Å². The normalized spacial score (nSPS) is 18.0. The van der Waals surface area contributed by atoms with Crippen LogP contribution in [0, 0.1) is 23.7 Å². The van der Waals surface area contributed by atoms with Crippen LogP contribution in [-0.4, -0.2) is 60.4 Å². The minimum Gasteiger partial charge on any atom is -0.492 e. The molecule has 2 fully saturated rings. The largest absolute Gasteiger partial charge is 0.492 e. The smallest absolute Gasteiger partial charge is 0.410 e. The average Bonchev–Trinajstić information content (AvgIpc) is 3.47. The zero-order valence-electron chi connectivity index (χ0n) is 21.9. The van der Waals surface area contributed by atoms with Gasteiger partial charge in [-0.1, -0.05) is 11.1 Å². The first-order valence-electron chi connectivity index (χ1n) is 12.7. The number of piperidine rings is 1. The maximum absolute atomic E-state index is 12.3. The highest BCUT2D eigenvalue weighted by atomic mass is 16.6. The third-order valence-electron chi connectivity index (χ3n) is 6.97. The van der Waals surface area contributed by atoms with Gasteiger partial charge in [0.25, 0.3) is 0 Å². The topological polar surface area (TPSA) is 68.0 Å². The predicted molar refractivity (Wildman–Crippen MR) is 136 cm³/mol. The van der Waals surface area contributed by atoms with Crippen molar-refractivity contribution in [1.29, 1.82) is 0 Å². The third-order valence-corrected chi connectivity index (χ3v) is 6.97. The summed E-state index contributed by atoms with van der Waals surface area (Å²) in [5.74, 6) is 4.27. The molecule has 1 aliphatic carbocycles. The maximum Gasteiger partial charge on any atom is 0.410 e. The first kappa shape index (κ1) is 25.4. The van der Waals surface area contributed by atoms with Crippen molar-refractivity contribution >= 4 is 17.1 Å². The van der Waals surface area contributed by atoms with Gasteiger partial charge in [0, 0.05) is 25.0 Å². The SMILES string of the molecule is C#CC1(COc2ccc3c(CCC4CCN(C(=O)OC(C)(C)C)CC4)noc3c2CN(C)C)CC1. The first-order valence-corrected chi connectivity index (χ1v) is 12.7. The Balaban J connectivity index is 1.39. The van der Waals surface area contributed by atoms with Crippen molar-refractivity contribution < 1.29 is 18.8 Å². The van der Waals surface area contributed by atoms with Crippen molar-refractivity contribution in [2.45, 2.75) is 71.4 Å². The van der Waals surface area contributed by atoms with E-state index in [2.05, 4.69) is 22.0 Å². The number of nitrogens with zero attached hydrogens (tertiary/aromatic N) is 3. The molecular weight excluding hydrogens is 442 g/mol. The molecule has 190 valence electrons. The van der Waals surface area contributed by atoms with Crippen molar-refractivity contribution in [3.63, 3.8) is 0 Å². The Hall–Kier alpha value is -2.72. The number of amides is 1. The van der Waals surface area contributed by atoms with Gasteiger partial charge in [0.1, 0.15) is 18.0 Å². The monoisotopic (exact) mass is 481 g/mol. The lowest BCUT2D eigenvalue weighted by molar-refractivity contribution is 0.0181. The van der Waals surface area contributed by atoms with Crippen LogP contribution in [0.3, 0.4) is 0 Å². The molecule has 1 aromatic carbocycles. The Bertz CT molecular complexity index is 1080. The summed E-state index contributed by atoms with van der Waals surface area (Å²) in [6, 6.07) is 4.10. The molecule has 0 radical (unpaired) electrons. The highest BCUT2D eigenvalue weighted by Crippen LogP contribution is 2.45. The number of terminal acetylenes is 1. The van der Waals surface area contributed by atoms with Crippen molar-refractivity contribution in [3.8, 4) is 18.1 Å². The van der Waals surface area contributed by atoms with Crippen molar-refractivity contribution in [2.75, 3.05) is 33.8 Å². The Kier molecular flexibility index (Phi) is 7.32. The lowest BCUT2D eigenvalue weighted by Gasteiger charge is -2.33. The van der Waals surface area contributed by atoms with E-state index in [-0.39, 0.29) is 11.5 Å². The molecule has 0 N–H and O–H groups in total. The molecule has 0 bridgehead atoms. The fourth-order valence-corrected chi connectivity index (χ4v) is 4.64. The van der Waals surface area contributed by atoms with Crippen LogP contribution >= 0.6 is 0 Å². The second-order valence-corrected chi connectivity index (χ2v) is 11.4. The molecule has 7 nitrogen and oxygen atoms in total. The van der Waals surface area contributed by atoms with Crippen LogP contribution in [0.2, 0.25) is 0 Å². The third kappa shape index (κ3) is 6.29. The maximum atomic E-state index is 12.3. The van der Waals surface area contributed by atoms with E-state index in [1.54, 1.807) is 0 Å². The fourth-order valence-electron chi connectivity index (χ4n) is 4.64. The molecule has 1 amide bonds. The van der Waals surface area contributed by atoms with E-state index in [9.17, 15) is 4.79 Å². The molecule has 1 saturated carbocycles. The number of ether oxygens (including phenoxy) is 2. The Morgan fingerprint density at radius 1 is 1.29 bits per heavy atom. The van der Waals surface area contributed by atoms with E-state index >= 15 is 0 Å². The molecule has 7 heteroatoms. The summed E-state index contributed by atoms with van der Waals surface area (Å²) in [6.07, 6.45) is 11.4. The van der Waals surface area contributed by atoms with Gasteiger partial charge in [0.2, 0.25) is 0 Å². The van der Waals surface area contributed by atoms with Crippen LogP contribution in [0.4, 0.5) is 4.79 Å². The van der Waals surface area contributed by atoms with Crippen LogP contribution in [-0.2, 0) is 17.7 Å². The molecule has 4 rings (SSSR count). The lowest BCUT2D eigenvalue weighted by Crippen LogP contribution is -2.41. The van der Waals surface area contributed by atoms with Gasteiger partial charge in [0.05, 0.1) is 16.7 Å². The number of benzene rings is 1. The summed E-state index contributed by atoms with van der Waals surface area (Å²) in [6.45, 7) is 8.43. The molecule has 2 heterocycles. The molecule has 1 aliphatic heterocycles. The van der Waals surface area contributed by atoms with Gasteiger partial charge in [-0.2, -0.15) is 0 Å². The van der Waals surface area contributed by atoms with Gasteiger partial charge in [-0.05, 0) is 91.4 Å². The molecule has 0 atom stereocenters. The van der Waals surface area contributed by atoms with E-state index in [0.29, 0.717) is 19.1 Å². The molecule has 1 saturated heterocycles. The van der Waals surface area contributed by atoms with E-state index in [1.165, 1.54) is 0 Å². The van der Waals surface area contributed by atoms with Crippen LogP contribution in [0.1, 0.15) is 64.1 Å². The van der Waals surface area contributed by atoms with Gasteiger partial charge < -0.3 is 23.8 Å². The molecule has 0 unspecified atom stereocenters. The number of carbonyl (C=O) groups excluding carboxylic acids is 1. The summed E-state index contributed by atoms with van der Waals surface area (Å²) in [4.78, 5) is 16.3. The molecule has 0 spiro atoms. The zero-order valence-corrected chi connectivity index (χ0v) is 21.9. The Morgan fingerprint density at radius 2 is 2.00 bits per heavy atom. The molecule has 1 aromatic heterocycles. The van der Waals surface area contributed by atoms with Crippen molar-refractivity contribution in [1.82, 2.24) is 15.0 Å². The molecule has 2 aromatic rings. The molecular formula is C28H39N3O4. The quantitative estimate of drug-likeness (QED) is 0.479. The van der Waals surface area contributed by atoms with Crippen LogP contribution in [0.15, 0.2) is 16.7 Å². The van der Waals surface area contributed by atoms with Gasteiger partial charge in [0.15, 0.2) is 5.58 Å². The number of carbonyl (C=O) groups is 1. The Labute approximate surface area is 209 Å². The summed E-state index contributed by atoms with van der Waals surface area (Å²) < 4.78 is 17.6. The second-order valence-electron chi connectivity index (χ2n) is 11.4. The highest BCUT2D eigenvalue weighted by molar-refractivity contribution is 5.84. The molecule has 35 heavy (non-hydrogen) atoms. The second kappa shape index (κ2) is 10.1. The number of aryl methyl sites for hydroxylation is 1. The highest BCUT2D eigenvalue weighted by Gasteiger charge is 2.42. The van der Waals surface area contributed by atoms with Crippen molar-refractivity contribution in [2.24, 2.45) is 11.3 Å². The number of rotatable bonds is 8. The van der Waals surface area contributed by atoms with E-state index in [4.69, 9.17) is 20.4 Å². The van der Waals surface area contributed by atoms with Gasteiger partial charge in [-0.3, -0.25) is 0 Å². The first-order chi connectivity index (χ1) is 16.6. The van der Waals surface area contributed by atoms with E-state index < -0.39 is 5.60 Å². The van der Waals surface area contributed by atoms with E-state index in [1.807, 2.05) is 45.8 Å². The number of fused-ring (bicyclic) bond motifs is 1. The minimum atomic E-state index is -0.459. The van der Waals surface area contributed by atoms with Gasteiger partial charge in [-0.25, -0.2) is 4.79 Å². The summed E-state index contributed by atoms with van der Waals surface area (Å²) in [5.41, 5.74) is 2.25. The summed E-state index contributed by atoms with van der Waals surface area (Å²) >= 11 is 0. The summed E-state index contributed by atoms with van der Waals surface area (Å²) in [5, 5.41) is 5.50. The number of hydrogen-bond donors (Lipinski definition) is 0. The van der Waals surface area contributed by atoms with Gasteiger partial charge in [-0.15, -0.1) is 6.42 Å². The average molecular weight is 482 g/mol. The summed E-state index contributed by atoms with van der Waals surface area (Å²) in [7, 11) is 4.07. The predicted octanol–water partition coefficient (Wildman–Crippen LogP) is 5.26. The Morgan fingerprint density at radius 3 is 2.60 bits per heavy atom. The van der Waals surface area contributed by atoms with Crippen molar-refractivity contribution in [3.05, 3.63) is 23.4 Å². The van der Waals surface area contributed by atoms with Gasteiger partial charge >= 0.3 is 6.09 Å². The van der Waals surface area contributed by atoms with Crippen LogP contribution < -0.4 is 4.74 Å². The number of hydrogen-bond acceptors (Lipinski definition) is 6. The minimum absolute atomic E-state index is 0.101.